The number of thioether (sulfide) groups is 1. The number of nitrogens with zero attached hydrogens (tertiary/aromatic N) is 1. The Hall–Kier alpha value is 0.270. The van der Waals surface area contributed by atoms with Crippen molar-refractivity contribution in [2.24, 2.45) is 53.3 Å². The van der Waals surface area contributed by atoms with Gasteiger partial charge in [-0.2, -0.15) is 11.8 Å². The summed E-state index contributed by atoms with van der Waals surface area (Å²) in [6.45, 7) is 2.50. The van der Waals surface area contributed by atoms with Crippen LogP contribution in [0.5, 0.6) is 0 Å². The third-order valence-electron chi connectivity index (χ3n) is 17.1. The Morgan fingerprint density at radius 1 is 0.413 bits per heavy atom. The second kappa shape index (κ2) is 14.1. The highest BCUT2D eigenvalue weighted by Crippen LogP contribution is 2.62. The molecule has 9 aliphatic rings. The molecule has 0 amide bonds. The average Bonchev–Trinajstić information content (AvgIpc) is 3.68. The highest BCUT2D eigenvalue weighted by atomic mass is 32.2. The van der Waals surface area contributed by atoms with Gasteiger partial charge in [0.1, 0.15) is 0 Å². The maximum atomic E-state index is 7.50. The molecule has 9 fully saturated rings. The van der Waals surface area contributed by atoms with Crippen molar-refractivity contribution in [3.63, 3.8) is 0 Å². The summed E-state index contributed by atoms with van der Waals surface area (Å²) in [5, 5.41) is 1.92. The van der Waals surface area contributed by atoms with E-state index in [-0.39, 0.29) is 0 Å². The van der Waals surface area contributed by atoms with Gasteiger partial charge < -0.3 is 4.74 Å². The van der Waals surface area contributed by atoms with Crippen LogP contribution in [-0.2, 0) is 4.74 Å². The monoisotopic (exact) mass is 650 g/mol. The summed E-state index contributed by atoms with van der Waals surface area (Å²) in [6.07, 6.45) is 40.6. The van der Waals surface area contributed by atoms with E-state index in [0.29, 0.717) is 12.2 Å². The van der Waals surface area contributed by atoms with E-state index >= 15 is 0 Å². The van der Waals surface area contributed by atoms with E-state index in [0.717, 1.165) is 81.9 Å². The number of hydrogen-bond acceptors (Lipinski definition) is 3. The van der Waals surface area contributed by atoms with Gasteiger partial charge in [-0.1, -0.05) is 58.3 Å². The van der Waals surface area contributed by atoms with Crippen LogP contribution < -0.4 is 0 Å². The first kappa shape index (κ1) is 32.2. The lowest BCUT2D eigenvalue weighted by molar-refractivity contribution is -0.0773. The molecule has 7 aliphatic carbocycles. The van der Waals surface area contributed by atoms with Gasteiger partial charge in [-0.15, -0.1) is 0 Å². The SMILES string of the molecule is CC1CCC(C2CCC(N(C3CCCCC3)C3CCC(C4CCCC5C6CCC7SC8CCCCC8C7C6OC45)CC3)CC2)CC1. The third-order valence-corrected chi connectivity index (χ3v) is 18.9. The van der Waals surface area contributed by atoms with Crippen molar-refractivity contribution in [1.29, 1.82) is 0 Å². The minimum absolute atomic E-state index is 0.629. The molecule has 9 atom stereocenters. The number of rotatable bonds is 5. The van der Waals surface area contributed by atoms with Gasteiger partial charge >= 0.3 is 0 Å². The van der Waals surface area contributed by atoms with Crippen molar-refractivity contribution in [3.05, 3.63) is 0 Å². The average molecular weight is 650 g/mol. The van der Waals surface area contributed by atoms with E-state index < -0.39 is 0 Å². The van der Waals surface area contributed by atoms with Crippen LogP contribution in [0.15, 0.2) is 0 Å². The van der Waals surface area contributed by atoms with E-state index in [2.05, 4.69) is 23.6 Å². The molecule has 2 saturated heterocycles. The second-order valence-corrected chi connectivity index (χ2v) is 20.7. The lowest BCUT2D eigenvalue weighted by atomic mass is 9.62. The summed E-state index contributed by atoms with van der Waals surface area (Å²) >= 11 is 2.44. The van der Waals surface area contributed by atoms with E-state index in [1.807, 2.05) is 0 Å². The zero-order chi connectivity index (χ0) is 30.6. The minimum Gasteiger partial charge on any atom is -0.374 e. The van der Waals surface area contributed by atoms with Crippen LogP contribution in [0.25, 0.3) is 0 Å². The van der Waals surface area contributed by atoms with E-state index in [4.69, 9.17) is 4.74 Å². The van der Waals surface area contributed by atoms with Crippen molar-refractivity contribution in [3.8, 4) is 0 Å². The Labute approximate surface area is 288 Å². The zero-order valence-electron chi connectivity index (χ0n) is 29.9. The molecule has 0 aromatic heterocycles. The summed E-state index contributed by atoms with van der Waals surface area (Å²) in [5.41, 5.74) is 0. The van der Waals surface area contributed by atoms with Crippen LogP contribution in [0.1, 0.15) is 174 Å². The van der Waals surface area contributed by atoms with Crippen molar-refractivity contribution in [2.45, 2.75) is 215 Å². The van der Waals surface area contributed by atoms with E-state index in [1.165, 1.54) is 141 Å². The van der Waals surface area contributed by atoms with Crippen LogP contribution in [0.3, 0.4) is 0 Å². The Morgan fingerprint density at radius 3 is 1.72 bits per heavy atom. The summed E-state index contributed by atoms with van der Waals surface area (Å²) < 4.78 is 7.50. The zero-order valence-corrected chi connectivity index (χ0v) is 30.7. The first-order valence-corrected chi connectivity index (χ1v) is 22.7. The molecule has 2 aliphatic heterocycles. The summed E-state index contributed by atoms with van der Waals surface area (Å²) in [6, 6.07) is 2.71. The van der Waals surface area contributed by atoms with Crippen molar-refractivity contribution >= 4 is 11.8 Å². The number of fused-ring (bicyclic) bond motifs is 7. The topological polar surface area (TPSA) is 12.5 Å². The van der Waals surface area contributed by atoms with Gasteiger partial charge in [-0.05, 0) is 163 Å². The summed E-state index contributed by atoms with van der Waals surface area (Å²) in [5.74, 6) is 8.71. The van der Waals surface area contributed by atoms with Crippen LogP contribution in [0, 0.1) is 53.3 Å². The van der Waals surface area contributed by atoms with Gasteiger partial charge in [-0.25, -0.2) is 0 Å². The normalized spacial score (nSPS) is 51.7. The molecule has 9 unspecified atom stereocenters. The van der Waals surface area contributed by atoms with E-state index in [1.54, 1.807) is 25.7 Å². The Bertz CT molecular complexity index is 987. The van der Waals surface area contributed by atoms with Crippen LogP contribution in [0.4, 0.5) is 0 Å². The molecule has 260 valence electrons. The fraction of sp³-hybridized carbons (Fsp3) is 1.00. The summed E-state index contributed by atoms with van der Waals surface area (Å²) in [7, 11) is 0. The van der Waals surface area contributed by atoms with Gasteiger partial charge in [0.05, 0.1) is 12.2 Å². The Balaban J connectivity index is 0.845. The molecule has 0 aromatic carbocycles. The maximum Gasteiger partial charge on any atom is 0.0652 e. The molecule has 3 heteroatoms. The van der Waals surface area contributed by atoms with Gasteiger partial charge in [0.25, 0.3) is 0 Å². The minimum atomic E-state index is 0.629. The lowest BCUT2D eigenvalue weighted by Gasteiger charge is -2.50. The third kappa shape index (κ3) is 6.13. The molecule has 0 bridgehead atoms. The molecule has 0 spiro atoms. The largest absolute Gasteiger partial charge is 0.374 e. The molecule has 7 saturated carbocycles. The first-order chi connectivity index (χ1) is 22.7. The molecule has 9 rings (SSSR count). The number of hydrogen-bond donors (Lipinski definition) is 0. The van der Waals surface area contributed by atoms with Gasteiger partial charge in [-0.3, -0.25) is 4.90 Å². The highest BCUT2D eigenvalue weighted by molar-refractivity contribution is 8.00. The van der Waals surface area contributed by atoms with Crippen LogP contribution in [0.2, 0.25) is 0 Å². The smallest absolute Gasteiger partial charge is 0.0652 e. The standard InChI is InChI=1S/C43H71NOS/c1-28-14-16-29(17-15-28)30-18-22-33(23-19-30)44(32-8-3-2-4-9-32)34-24-20-31(21-25-34)35-11-7-12-36-37-26-27-40-41(43(37)45-42(35)36)38-10-5-6-13-39(38)46-40/h28-43H,2-27H2,1H3. The Kier molecular flexibility index (Phi) is 9.88. The molecule has 0 N–H and O–H groups in total. The fourth-order valence-electron chi connectivity index (χ4n) is 14.8. The summed E-state index contributed by atoms with van der Waals surface area (Å²) in [4.78, 5) is 3.26. The van der Waals surface area contributed by atoms with Gasteiger partial charge in [0.15, 0.2) is 0 Å². The first-order valence-electron chi connectivity index (χ1n) is 21.8. The molecule has 0 aromatic rings. The van der Waals surface area contributed by atoms with Crippen LogP contribution >= 0.6 is 11.8 Å². The fourth-order valence-corrected chi connectivity index (χ4v) is 16.9. The molecular formula is C43H71NOS. The quantitative estimate of drug-likeness (QED) is 0.294. The highest BCUT2D eigenvalue weighted by Gasteiger charge is 2.60. The van der Waals surface area contributed by atoms with Crippen molar-refractivity contribution < 1.29 is 4.74 Å². The molecule has 2 nitrogen and oxygen atoms in total. The van der Waals surface area contributed by atoms with Crippen molar-refractivity contribution in [1.82, 2.24) is 4.90 Å². The van der Waals surface area contributed by atoms with Gasteiger partial charge in [0.2, 0.25) is 0 Å². The number of ether oxygens (including phenoxy) is 1. The van der Waals surface area contributed by atoms with Crippen LogP contribution in [-0.4, -0.2) is 45.7 Å². The second-order valence-electron chi connectivity index (χ2n) is 19.2. The maximum absolute atomic E-state index is 7.50. The Morgan fingerprint density at radius 2 is 0.978 bits per heavy atom. The lowest BCUT2D eigenvalue weighted by Crippen LogP contribution is -2.53. The molecule has 0 radical (unpaired) electrons. The predicted octanol–water partition coefficient (Wildman–Crippen LogP) is 11.4. The molecule has 46 heavy (non-hydrogen) atoms. The predicted molar refractivity (Wildman–Crippen MR) is 194 cm³/mol. The van der Waals surface area contributed by atoms with Gasteiger partial charge in [0, 0.05) is 34.5 Å². The van der Waals surface area contributed by atoms with Crippen molar-refractivity contribution in [2.75, 3.05) is 0 Å². The van der Waals surface area contributed by atoms with E-state index in [9.17, 15) is 0 Å². The molecular weight excluding hydrogens is 579 g/mol. The molecule has 2 heterocycles.